The number of hydrogen-bond acceptors (Lipinski definition) is 5. The van der Waals surface area contributed by atoms with Crippen molar-refractivity contribution in [3.63, 3.8) is 0 Å². The van der Waals surface area contributed by atoms with Gasteiger partial charge in [-0.3, -0.25) is 4.79 Å². The Balaban J connectivity index is 1.74. The smallest absolute Gasteiger partial charge is 0.253 e. The van der Waals surface area contributed by atoms with Crippen LogP contribution in [0, 0.1) is 0 Å². The first-order valence-corrected chi connectivity index (χ1v) is 10.9. The minimum atomic E-state index is 0.0249. The number of carbonyl (C=O) groups excluding carboxylic acids is 1. The summed E-state index contributed by atoms with van der Waals surface area (Å²) >= 11 is 0. The number of hydrogen-bond donors (Lipinski definition) is 1. The lowest BCUT2D eigenvalue weighted by Gasteiger charge is -2.34. The van der Waals surface area contributed by atoms with E-state index < -0.39 is 0 Å². The molecule has 0 atom stereocenters. The van der Waals surface area contributed by atoms with Crippen molar-refractivity contribution >= 4 is 5.91 Å². The number of carbonyl (C=O) groups is 1. The summed E-state index contributed by atoms with van der Waals surface area (Å²) in [5.41, 5.74) is 0.627. The van der Waals surface area contributed by atoms with E-state index >= 15 is 0 Å². The van der Waals surface area contributed by atoms with Crippen molar-refractivity contribution in [2.45, 2.75) is 63.5 Å². The zero-order valence-electron chi connectivity index (χ0n) is 18.5. The van der Waals surface area contributed by atoms with Crippen molar-refractivity contribution in [1.29, 1.82) is 0 Å². The van der Waals surface area contributed by atoms with E-state index in [1.54, 1.807) is 32.4 Å². The molecular formula is C23H38N2O4. The Bertz CT molecular complexity index is 615. The third-order valence-electron chi connectivity index (χ3n) is 5.82. The maximum absolute atomic E-state index is 12.9. The molecule has 1 amide bonds. The van der Waals surface area contributed by atoms with Crippen molar-refractivity contribution in [1.82, 2.24) is 10.2 Å². The van der Waals surface area contributed by atoms with Crippen molar-refractivity contribution < 1.29 is 19.0 Å². The summed E-state index contributed by atoms with van der Waals surface area (Å²) < 4.78 is 16.7. The molecule has 2 rings (SSSR count). The Kier molecular flexibility index (Phi) is 10.3. The van der Waals surface area contributed by atoms with Gasteiger partial charge in [0.05, 0.1) is 20.3 Å². The Morgan fingerprint density at radius 3 is 2.38 bits per heavy atom. The molecule has 1 N–H and O–H groups in total. The average Bonchev–Trinajstić information content (AvgIpc) is 2.77. The highest BCUT2D eigenvalue weighted by molar-refractivity contribution is 5.95. The minimum Gasteiger partial charge on any atom is -0.493 e. The number of unbranched alkanes of at least 4 members (excludes halogenated alkanes) is 3. The standard InChI is InChI=1S/C23H38N2O4/c1-24-15-7-5-6-8-16-29-20-12-10-19(11-13-20)25(2)23(26)18-9-14-21(27-3)22(17-18)28-4/h9,14,17,19-20,24H,5-8,10-13,15-16H2,1-4H3/t19-,20-. The van der Waals surface area contributed by atoms with Gasteiger partial charge in [-0.05, 0) is 70.3 Å². The van der Waals surface area contributed by atoms with E-state index in [9.17, 15) is 4.79 Å². The summed E-state index contributed by atoms with van der Waals surface area (Å²) in [5.74, 6) is 1.23. The highest BCUT2D eigenvalue weighted by Crippen LogP contribution is 2.30. The lowest BCUT2D eigenvalue weighted by atomic mass is 9.91. The molecule has 6 nitrogen and oxygen atoms in total. The predicted molar refractivity (Wildman–Crippen MR) is 116 cm³/mol. The van der Waals surface area contributed by atoms with Crippen LogP contribution in [0.25, 0.3) is 0 Å². The molecule has 1 saturated carbocycles. The summed E-state index contributed by atoms with van der Waals surface area (Å²) in [5, 5.41) is 3.18. The molecule has 1 aromatic carbocycles. The number of ether oxygens (including phenoxy) is 3. The van der Waals surface area contributed by atoms with Gasteiger partial charge in [0.25, 0.3) is 5.91 Å². The van der Waals surface area contributed by atoms with Crippen LogP contribution in [-0.2, 0) is 4.74 Å². The van der Waals surface area contributed by atoms with Crippen LogP contribution in [0.5, 0.6) is 11.5 Å². The van der Waals surface area contributed by atoms with E-state index in [2.05, 4.69) is 5.32 Å². The number of nitrogens with one attached hydrogen (secondary N) is 1. The second-order valence-electron chi connectivity index (χ2n) is 7.80. The van der Waals surface area contributed by atoms with Crippen LogP contribution in [0.3, 0.4) is 0 Å². The van der Waals surface area contributed by atoms with Crippen LogP contribution in [0.2, 0.25) is 0 Å². The molecule has 0 spiro atoms. The van der Waals surface area contributed by atoms with Crippen LogP contribution in [0.1, 0.15) is 61.7 Å². The van der Waals surface area contributed by atoms with Gasteiger partial charge >= 0.3 is 0 Å². The second kappa shape index (κ2) is 12.7. The van der Waals surface area contributed by atoms with Gasteiger partial charge in [-0.1, -0.05) is 12.8 Å². The number of methoxy groups -OCH3 is 2. The maximum Gasteiger partial charge on any atom is 0.253 e. The van der Waals surface area contributed by atoms with E-state index in [1.165, 1.54) is 19.3 Å². The van der Waals surface area contributed by atoms with Gasteiger partial charge in [0.1, 0.15) is 0 Å². The van der Waals surface area contributed by atoms with Gasteiger partial charge in [0, 0.05) is 25.3 Å². The molecule has 0 aliphatic heterocycles. The fourth-order valence-electron chi connectivity index (χ4n) is 3.95. The molecule has 1 fully saturated rings. The molecule has 0 heterocycles. The number of nitrogens with zero attached hydrogens (tertiary/aromatic N) is 1. The van der Waals surface area contributed by atoms with Crippen LogP contribution >= 0.6 is 0 Å². The summed E-state index contributed by atoms with van der Waals surface area (Å²) in [7, 11) is 7.07. The molecule has 164 valence electrons. The molecular weight excluding hydrogens is 368 g/mol. The highest BCUT2D eigenvalue weighted by atomic mass is 16.5. The Morgan fingerprint density at radius 1 is 1.03 bits per heavy atom. The van der Waals surface area contributed by atoms with Gasteiger partial charge in [0.2, 0.25) is 0 Å². The van der Waals surface area contributed by atoms with E-state index in [1.807, 2.05) is 19.0 Å². The average molecular weight is 407 g/mol. The quantitative estimate of drug-likeness (QED) is 0.534. The van der Waals surface area contributed by atoms with Crippen LogP contribution in [0.15, 0.2) is 18.2 Å². The summed E-state index contributed by atoms with van der Waals surface area (Å²) in [6.45, 7) is 1.95. The monoisotopic (exact) mass is 406 g/mol. The summed E-state index contributed by atoms with van der Waals surface area (Å²) in [6.07, 6.45) is 9.24. The number of amides is 1. The van der Waals surface area contributed by atoms with Crippen molar-refractivity contribution in [2.24, 2.45) is 0 Å². The molecule has 0 saturated heterocycles. The molecule has 0 radical (unpaired) electrons. The zero-order valence-corrected chi connectivity index (χ0v) is 18.5. The first-order valence-electron chi connectivity index (χ1n) is 10.9. The second-order valence-corrected chi connectivity index (χ2v) is 7.80. The topological polar surface area (TPSA) is 60.0 Å². The molecule has 0 bridgehead atoms. The van der Waals surface area contributed by atoms with Gasteiger partial charge < -0.3 is 24.4 Å². The van der Waals surface area contributed by atoms with E-state index in [4.69, 9.17) is 14.2 Å². The summed E-state index contributed by atoms with van der Waals surface area (Å²) in [4.78, 5) is 14.8. The van der Waals surface area contributed by atoms with Crippen molar-refractivity contribution in [2.75, 3.05) is 41.5 Å². The first kappa shape index (κ1) is 23.5. The molecule has 29 heavy (non-hydrogen) atoms. The molecule has 0 unspecified atom stereocenters. The third kappa shape index (κ3) is 7.19. The van der Waals surface area contributed by atoms with Crippen LogP contribution < -0.4 is 14.8 Å². The maximum atomic E-state index is 12.9. The Hall–Kier alpha value is -1.79. The van der Waals surface area contributed by atoms with Gasteiger partial charge in [-0.15, -0.1) is 0 Å². The lowest BCUT2D eigenvalue weighted by molar-refractivity contribution is 0.00910. The van der Waals surface area contributed by atoms with E-state index in [0.717, 1.165) is 45.3 Å². The van der Waals surface area contributed by atoms with Gasteiger partial charge in [0.15, 0.2) is 11.5 Å². The van der Waals surface area contributed by atoms with Crippen molar-refractivity contribution in [3.05, 3.63) is 23.8 Å². The molecule has 1 aliphatic rings. The number of rotatable bonds is 12. The lowest BCUT2D eigenvalue weighted by Crippen LogP contribution is -2.40. The molecule has 1 aliphatic carbocycles. The number of benzene rings is 1. The first-order chi connectivity index (χ1) is 14.1. The normalized spacial score (nSPS) is 19.0. The van der Waals surface area contributed by atoms with Gasteiger partial charge in [-0.2, -0.15) is 0 Å². The minimum absolute atomic E-state index is 0.0249. The van der Waals surface area contributed by atoms with Crippen molar-refractivity contribution in [3.8, 4) is 11.5 Å². The zero-order chi connectivity index (χ0) is 21.1. The fourth-order valence-corrected chi connectivity index (χ4v) is 3.95. The molecule has 0 aromatic heterocycles. The van der Waals surface area contributed by atoms with Gasteiger partial charge in [-0.25, -0.2) is 0 Å². The Morgan fingerprint density at radius 2 is 1.72 bits per heavy atom. The summed E-state index contributed by atoms with van der Waals surface area (Å²) in [6, 6.07) is 5.59. The van der Waals surface area contributed by atoms with E-state index in [-0.39, 0.29) is 11.9 Å². The molecule has 1 aromatic rings. The predicted octanol–water partition coefficient (Wildman–Crippen LogP) is 3.88. The largest absolute Gasteiger partial charge is 0.493 e. The highest BCUT2D eigenvalue weighted by Gasteiger charge is 2.27. The van der Waals surface area contributed by atoms with Crippen LogP contribution in [-0.4, -0.2) is 64.4 Å². The fraction of sp³-hybridized carbons (Fsp3) is 0.696. The molecule has 6 heteroatoms. The third-order valence-corrected chi connectivity index (χ3v) is 5.82. The Labute approximate surface area is 175 Å². The van der Waals surface area contributed by atoms with Crippen LogP contribution in [0.4, 0.5) is 0 Å². The SMILES string of the molecule is CNCCCCCCO[C@H]1CC[C@H](N(C)C(=O)c2ccc(OC)c(OC)c2)CC1. The van der Waals surface area contributed by atoms with E-state index in [0.29, 0.717) is 23.2 Å².